The number of ether oxygens (including phenoxy) is 2. The molecule has 0 saturated heterocycles. The van der Waals surface area contributed by atoms with E-state index in [1.165, 1.54) is 22.3 Å². The molecule has 0 heterocycles. The van der Waals surface area contributed by atoms with Gasteiger partial charge < -0.3 is 9.47 Å². The fourth-order valence-electron chi connectivity index (χ4n) is 5.02. The van der Waals surface area contributed by atoms with E-state index in [0.717, 1.165) is 36.8 Å². The SMILES string of the molecule is CC(C)(c1ccc(OC(=O)c2ccc3c(c2)CC3)cc1)c1ccc(OC(=O)c2ccc3c(c2)CC3)cc1. The predicted molar refractivity (Wildman–Crippen MR) is 143 cm³/mol. The normalized spacial score (nSPS) is 13.5. The Bertz CT molecular complexity index is 1400. The van der Waals surface area contributed by atoms with Crippen LogP contribution in [0.3, 0.4) is 0 Å². The molecule has 4 nitrogen and oxygen atoms in total. The van der Waals surface area contributed by atoms with Crippen LogP contribution in [0.4, 0.5) is 0 Å². The standard InChI is InChI=1S/C33H28O4/c1-33(2,27-11-15-29(16-12-27)36-31(34)25-9-5-21-3-7-23(21)19-25)28-13-17-30(18-14-28)37-32(35)26-10-6-22-4-8-24(22)20-26/h5-6,9-20H,3-4,7-8H2,1-2H3. The summed E-state index contributed by atoms with van der Waals surface area (Å²) in [6, 6.07) is 26.8. The summed E-state index contributed by atoms with van der Waals surface area (Å²) in [5.41, 5.74) is 8.15. The maximum absolute atomic E-state index is 12.6. The Hall–Kier alpha value is -4.18. The second kappa shape index (κ2) is 9.04. The van der Waals surface area contributed by atoms with Crippen molar-refractivity contribution >= 4 is 11.9 Å². The highest BCUT2D eigenvalue weighted by Crippen LogP contribution is 2.34. The molecule has 0 N–H and O–H groups in total. The van der Waals surface area contributed by atoms with Crippen LogP contribution >= 0.6 is 0 Å². The Morgan fingerprint density at radius 1 is 0.541 bits per heavy atom. The molecule has 4 aromatic carbocycles. The van der Waals surface area contributed by atoms with Gasteiger partial charge in [0.15, 0.2) is 0 Å². The molecule has 184 valence electrons. The predicted octanol–water partition coefficient (Wildman–Crippen LogP) is 6.65. The van der Waals surface area contributed by atoms with E-state index in [-0.39, 0.29) is 17.4 Å². The quantitative estimate of drug-likeness (QED) is 0.225. The van der Waals surface area contributed by atoms with Crippen LogP contribution in [-0.4, -0.2) is 11.9 Å². The zero-order valence-corrected chi connectivity index (χ0v) is 21.0. The van der Waals surface area contributed by atoms with Crippen molar-refractivity contribution in [3.63, 3.8) is 0 Å². The lowest BCUT2D eigenvalue weighted by Gasteiger charge is -2.26. The minimum absolute atomic E-state index is 0.297. The first-order valence-electron chi connectivity index (χ1n) is 12.8. The highest BCUT2D eigenvalue weighted by Gasteiger charge is 2.24. The van der Waals surface area contributed by atoms with Crippen molar-refractivity contribution in [3.05, 3.63) is 129 Å². The molecule has 0 atom stereocenters. The van der Waals surface area contributed by atoms with Gasteiger partial charge in [0, 0.05) is 5.41 Å². The summed E-state index contributed by atoms with van der Waals surface area (Å²) in [6.45, 7) is 4.27. The molecule has 37 heavy (non-hydrogen) atoms. The number of rotatable bonds is 6. The molecule has 0 bridgehead atoms. The fourth-order valence-corrected chi connectivity index (χ4v) is 5.02. The van der Waals surface area contributed by atoms with E-state index in [2.05, 4.69) is 13.8 Å². The van der Waals surface area contributed by atoms with E-state index >= 15 is 0 Å². The van der Waals surface area contributed by atoms with Crippen LogP contribution < -0.4 is 9.47 Å². The van der Waals surface area contributed by atoms with E-state index in [1.54, 1.807) is 0 Å². The van der Waals surface area contributed by atoms with Crippen molar-refractivity contribution in [2.75, 3.05) is 0 Å². The highest BCUT2D eigenvalue weighted by molar-refractivity contribution is 5.92. The van der Waals surface area contributed by atoms with Gasteiger partial charge in [0.25, 0.3) is 0 Å². The van der Waals surface area contributed by atoms with Crippen LogP contribution in [0.1, 0.15) is 67.9 Å². The topological polar surface area (TPSA) is 52.6 Å². The van der Waals surface area contributed by atoms with Gasteiger partial charge >= 0.3 is 11.9 Å². The molecular weight excluding hydrogens is 460 g/mol. The smallest absolute Gasteiger partial charge is 0.343 e. The number of benzene rings is 4. The van der Waals surface area contributed by atoms with Gasteiger partial charge in [-0.25, -0.2) is 9.59 Å². The molecule has 0 saturated carbocycles. The van der Waals surface area contributed by atoms with Crippen LogP contribution in [0.5, 0.6) is 11.5 Å². The average Bonchev–Trinajstić information content (AvgIpc) is 2.86. The summed E-state index contributed by atoms with van der Waals surface area (Å²) in [6.07, 6.45) is 4.23. The Kier molecular flexibility index (Phi) is 5.68. The molecule has 2 aliphatic carbocycles. The molecule has 4 heteroatoms. The molecule has 2 aliphatic rings. The summed E-state index contributed by atoms with van der Waals surface area (Å²) in [4.78, 5) is 25.2. The van der Waals surface area contributed by atoms with Crippen molar-refractivity contribution in [2.45, 2.75) is 44.9 Å². The lowest BCUT2D eigenvalue weighted by molar-refractivity contribution is 0.0725. The molecule has 4 aromatic rings. The number of aryl methyl sites for hydroxylation is 4. The molecule has 0 radical (unpaired) electrons. The van der Waals surface area contributed by atoms with Gasteiger partial charge in [0.1, 0.15) is 11.5 Å². The molecule has 6 rings (SSSR count). The first-order chi connectivity index (χ1) is 17.9. The van der Waals surface area contributed by atoms with E-state index < -0.39 is 0 Å². The van der Waals surface area contributed by atoms with Gasteiger partial charge in [-0.05, 0) is 108 Å². The van der Waals surface area contributed by atoms with Crippen molar-refractivity contribution < 1.29 is 19.1 Å². The minimum atomic E-state index is -0.337. The highest BCUT2D eigenvalue weighted by atomic mass is 16.5. The van der Waals surface area contributed by atoms with Gasteiger partial charge in [-0.15, -0.1) is 0 Å². The van der Waals surface area contributed by atoms with E-state index in [9.17, 15) is 9.59 Å². The summed E-state index contributed by atoms with van der Waals surface area (Å²) < 4.78 is 11.2. The van der Waals surface area contributed by atoms with E-state index in [4.69, 9.17) is 9.47 Å². The maximum Gasteiger partial charge on any atom is 0.343 e. The fraction of sp³-hybridized carbons (Fsp3) is 0.212. The number of carbonyl (C=O) groups excluding carboxylic acids is 2. The Morgan fingerprint density at radius 2 is 0.919 bits per heavy atom. The Labute approximate surface area is 216 Å². The van der Waals surface area contributed by atoms with Gasteiger partial charge in [-0.3, -0.25) is 0 Å². The van der Waals surface area contributed by atoms with Crippen molar-refractivity contribution in [1.82, 2.24) is 0 Å². The van der Waals surface area contributed by atoms with Crippen LogP contribution in [-0.2, 0) is 31.1 Å². The monoisotopic (exact) mass is 488 g/mol. The lowest BCUT2D eigenvalue weighted by Crippen LogP contribution is -2.19. The molecule has 0 fully saturated rings. The van der Waals surface area contributed by atoms with Crippen LogP contribution in [0.25, 0.3) is 0 Å². The third kappa shape index (κ3) is 4.44. The summed E-state index contributed by atoms with van der Waals surface area (Å²) in [5, 5.41) is 0. The summed E-state index contributed by atoms with van der Waals surface area (Å²) in [5.74, 6) is 0.364. The number of carbonyl (C=O) groups is 2. The van der Waals surface area contributed by atoms with E-state index in [1.807, 2.05) is 84.9 Å². The number of hydrogen-bond acceptors (Lipinski definition) is 4. The second-order valence-electron chi connectivity index (χ2n) is 10.4. The molecular formula is C33H28O4. The lowest BCUT2D eigenvalue weighted by atomic mass is 9.78. The molecule has 0 aliphatic heterocycles. The van der Waals surface area contributed by atoms with Crippen LogP contribution in [0, 0.1) is 0 Å². The third-order valence-corrected chi connectivity index (χ3v) is 7.78. The number of fused-ring (bicyclic) bond motifs is 2. The molecule has 0 amide bonds. The zero-order chi connectivity index (χ0) is 25.6. The van der Waals surface area contributed by atoms with E-state index in [0.29, 0.717) is 22.6 Å². The molecule has 0 unspecified atom stereocenters. The Balaban J connectivity index is 1.11. The van der Waals surface area contributed by atoms with Gasteiger partial charge in [-0.2, -0.15) is 0 Å². The third-order valence-electron chi connectivity index (χ3n) is 7.78. The maximum atomic E-state index is 12.6. The number of esters is 2. The zero-order valence-electron chi connectivity index (χ0n) is 21.0. The second-order valence-corrected chi connectivity index (χ2v) is 10.4. The average molecular weight is 489 g/mol. The minimum Gasteiger partial charge on any atom is -0.423 e. The van der Waals surface area contributed by atoms with Crippen LogP contribution in [0.2, 0.25) is 0 Å². The van der Waals surface area contributed by atoms with Gasteiger partial charge in [0.2, 0.25) is 0 Å². The van der Waals surface area contributed by atoms with Crippen molar-refractivity contribution in [1.29, 1.82) is 0 Å². The van der Waals surface area contributed by atoms with Crippen LogP contribution in [0.15, 0.2) is 84.9 Å². The number of hydrogen-bond donors (Lipinski definition) is 0. The van der Waals surface area contributed by atoms with Gasteiger partial charge in [0.05, 0.1) is 11.1 Å². The Morgan fingerprint density at radius 3 is 1.24 bits per heavy atom. The summed E-state index contributed by atoms with van der Waals surface area (Å²) >= 11 is 0. The molecule has 0 aromatic heterocycles. The summed E-state index contributed by atoms with van der Waals surface area (Å²) in [7, 11) is 0. The van der Waals surface area contributed by atoms with Gasteiger partial charge in [-0.1, -0.05) is 50.2 Å². The van der Waals surface area contributed by atoms with Crippen molar-refractivity contribution in [2.24, 2.45) is 0 Å². The first-order valence-corrected chi connectivity index (χ1v) is 12.8. The molecule has 0 spiro atoms. The largest absolute Gasteiger partial charge is 0.423 e. The first kappa shape index (κ1) is 23.2. The van der Waals surface area contributed by atoms with Crippen molar-refractivity contribution in [3.8, 4) is 11.5 Å².